The summed E-state index contributed by atoms with van der Waals surface area (Å²) in [7, 11) is 1.57. The van der Waals surface area contributed by atoms with Gasteiger partial charge in [-0.3, -0.25) is 4.79 Å². The molecule has 0 unspecified atom stereocenters. The highest BCUT2D eigenvalue weighted by Crippen LogP contribution is 2.34. The van der Waals surface area contributed by atoms with Crippen LogP contribution in [0.3, 0.4) is 0 Å². The molecule has 0 aliphatic carbocycles. The molecule has 4 rings (SSSR count). The Bertz CT molecular complexity index is 1300. The SMILES string of the molecule is COc1cccc(C(=O)Nc2ccc3cc(C(=O)O)ccc3n2)c1-c1ccc(C)cc1. The number of rotatable bonds is 5. The number of nitrogens with zero attached hydrogens (tertiary/aromatic N) is 1. The van der Waals surface area contributed by atoms with Crippen molar-refractivity contribution >= 4 is 28.6 Å². The molecule has 1 aromatic heterocycles. The summed E-state index contributed by atoms with van der Waals surface area (Å²) < 4.78 is 5.52. The number of amides is 1. The molecule has 0 fully saturated rings. The van der Waals surface area contributed by atoms with E-state index in [0.29, 0.717) is 33.6 Å². The Labute approximate surface area is 179 Å². The number of aryl methyl sites for hydroxylation is 1. The van der Waals surface area contributed by atoms with Gasteiger partial charge in [-0.2, -0.15) is 0 Å². The van der Waals surface area contributed by atoms with E-state index in [1.807, 2.05) is 37.3 Å². The van der Waals surface area contributed by atoms with Gasteiger partial charge in [0, 0.05) is 10.9 Å². The fraction of sp³-hybridized carbons (Fsp3) is 0.0800. The number of hydrogen-bond donors (Lipinski definition) is 2. The number of aromatic carboxylic acids is 1. The van der Waals surface area contributed by atoms with Gasteiger partial charge in [0.25, 0.3) is 5.91 Å². The molecule has 6 nitrogen and oxygen atoms in total. The Morgan fingerprint density at radius 3 is 2.45 bits per heavy atom. The first-order chi connectivity index (χ1) is 15.0. The van der Waals surface area contributed by atoms with Crippen LogP contribution in [0.15, 0.2) is 72.8 Å². The minimum Gasteiger partial charge on any atom is -0.496 e. The molecule has 2 N–H and O–H groups in total. The fourth-order valence-electron chi connectivity index (χ4n) is 3.42. The Kier molecular flexibility index (Phi) is 5.37. The first kappa shape index (κ1) is 20.1. The lowest BCUT2D eigenvalue weighted by Gasteiger charge is -2.14. The number of ether oxygens (including phenoxy) is 1. The Balaban J connectivity index is 1.69. The quantitative estimate of drug-likeness (QED) is 0.472. The predicted octanol–water partition coefficient (Wildman–Crippen LogP) is 5.17. The monoisotopic (exact) mass is 412 g/mol. The number of aromatic nitrogens is 1. The van der Waals surface area contributed by atoms with E-state index in [1.165, 1.54) is 6.07 Å². The summed E-state index contributed by atoms with van der Waals surface area (Å²) in [5.41, 5.74) is 3.94. The van der Waals surface area contributed by atoms with Gasteiger partial charge in [0.05, 0.1) is 23.8 Å². The van der Waals surface area contributed by atoms with Crippen LogP contribution in [0, 0.1) is 6.92 Å². The number of carboxylic acids is 1. The van der Waals surface area contributed by atoms with Crippen LogP contribution >= 0.6 is 0 Å². The van der Waals surface area contributed by atoms with Crippen molar-refractivity contribution in [1.29, 1.82) is 0 Å². The molecule has 0 aliphatic rings. The number of benzene rings is 3. The van der Waals surface area contributed by atoms with E-state index < -0.39 is 5.97 Å². The molecule has 31 heavy (non-hydrogen) atoms. The van der Waals surface area contributed by atoms with E-state index >= 15 is 0 Å². The van der Waals surface area contributed by atoms with Crippen molar-refractivity contribution in [1.82, 2.24) is 4.98 Å². The van der Waals surface area contributed by atoms with Crippen molar-refractivity contribution in [2.24, 2.45) is 0 Å². The number of hydrogen-bond acceptors (Lipinski definition) is 4. The number of pyridine rings is 1. The Hall–Kier alpha value is -4.19. The smallest absolute Gasteiger partial charge is 0.335 e. The summed E-state index contributed by atoms with van der Waals surface area (Å²) in [5.74, 6) is -0.341. The minimum atomic E-state index is -0.999. The van der Waals surface area contributed by atoms with Gasteiger partial charge < -0.3 is 15.2 Å². The maximum Gasteiger partial charge on any atom is 0.335 e. The number of carbonyl (C=O) groups is 2. The summed E-state index contributed by atoms with van der Waals surface area (Å²) in [4.78, 5) is 28.7. The van der Waals surface area contributed by atoms with Gasteiger partial charge in [0.1, 0.15) is 11.6 Å². The lowest BCUT2D eigenvalue weighted by atomic mass is 9.97. The van der Waals surface area contributed by atoms with E-state index in [0.717, 1.165) is 11.1 Å². The van der Waals surface area contributed by atoms with Gasteiger partial charge in [0.2, 0.25) is 0 Å². The summed E-state index contributed by atoms with van der Waals surface area (Å²) in [6.45, 7) is 2.00. The van der Waals surface area contributed by atoms with Crippen LogP contribution in [-0.4, -0.2) is 29.1 Å². The highest BCUT2D eigenvalue weighted by Gasteiger charge is 2.18. The van der Waals surface area contributed by atoms with E-state index in [9.17, 15) is 9.59 Å². The standard InChI is InChI=1S/C25H20N2O4/c1-15-6-8-16(9-7-15)23-19(4-3-5-21(23)31-2)24(28)27-22-13-11-17-14-18(25(29)30)10-12-20(17)26-22/h3-14H,1-2H3,(H,29,30)(H,26,27,28). The molecule has 0 atom stereocenters. The van der Waals surface area contributed by atoms with E-state index in [-0.39, 0.29) is 11.5 Å². The second-order valence-corrected chi connectivity index (χ2v) is 7.11. The van der Waals surface area contributed by atoms with E-state index in [2.05, 4.69) is 10.3 Å². The summed E-state index contributed by atoms with van der Waals surface area (Å²) in [6, 6.07) is 21.3. The molecule has 3 aromatic carbocycles. The third kappa shape index (κ3) is 4.09. The van der Waals surface area contributed by atoms with Crippen LogP contribution in [0.2, 0.25) is 0 Å². The largest absolute Gasteiger partial charge is 0.496 e. The molecule has 0 bridgehead atoms. The van der Waals surface area contributed by atoms with Crippen LogP contribution in [0.5, 0.6) is 5.75 Å². The molecule has 6 heteroatoms. The molecule has 0 spiro atoms. The minimum absolute atomic E-state index is 0.185. The molecule has 0 saturated heterocycles. The molecule has 4 aromatic rings. The van der Waals surface area contributed by atoms with Crippen molar-refractivity contribution < 1.29 is 19.4 Å². The van der Waals surface area contributed by atoms with Crippen LogP contribution in [-0.2, 0) is 0 Å². The van der Waals surface area contributed by atoms with Gasteiger partial charge in [-0.1, -0.05) is 35.9 Å². The summed E-state index contributed by atoms with van der Waals surface area (Å²) >= 11 is 0. The van der Waals surface area contributed by atoms with Gasteiger partial charge in [0.15, 0.2) is 0 Å². The van der Waals surface area contributed by atoms with E-state index in [4.69, 9.17) is 9.84 Å². The summed E-state index contributed by atoms with van der Waals surface area (Å²) in [6.07, 6.45) is 0. The number of methoxy groups -OCH3 is 1. The zero-order chi connectivity index (χ0) is 22.0. The van der Waals surface area contributed by atoms with Gasteiger partial charge in [-0.25, -0.2) is 9.78 Å². The van der Waals surface area contributed by atoms with Crippen LogP contribution in [0.25, 0.3) is 22.0 Å². The number of carboxylic acid groups (broad SMARTS) is 1. The summed E-state index contributed by atoms with van der Waals surface area (Å²) in [5, 5.41) is 12.7. The van der Waals surface area contributed by atoms with Crippen molar-refractivity contribution in [2.75, 3.05) is 12.4 Å². The molecule has 1 amide bonds. The molecule has 1 heterocycles. The first-order valence-corrected chi connectivity index (χ1v) is 9.66. The molecular weight excluding hydrogens is 392 g/mol. The normalized spacial score (nSPS) is 10.6. The zero-order valence-corrected chi connectivity index (χ0v) is 17.0. The maximum atomic E-state index is 13.1. The Morgan fingerprint density at radius 2 is 1.74 bits per heavy atom. The maximum absolute atomic E-state index is 13.1. The van der Waals surface area contributed by atoms with Gasteiger partial charge in [-0.05, 0) is 55.0 Å². The third-order valence-corrected chi connectivity index (χ3v) is 5.01. The second-order valence-electron chi connectivity index (χ2n) is 7.11. The first-order valence-electron chi connectivity index (χ1n) is 9.66. The van der Waals surface area contributed by atoms with Crippen LogP contribution in [0.1, 0.15) is 26.3 Å². The van der Waals surface area contributed by atoms with Crippen molar-refractivity contribution in [3.63, 3.8) is 0 Å². The number of nitrogens with one attached hydrogen (secondary N) is 1. The number of anilines is 1. The van der Waals surface area contributed by atoms with Gasteiger partial charge >= 0.3 is 5.97 Å². The number of carbonyl (C=O) groups excluding carboxylic acids is 1. The molecule has 0 aliphatic heterocycles. The lowest BCUT2D eigenvalue weighted by Crippen LogP contribution is -2.14. The fourth-order valence-corrected chi connectivity index (χ4v) is 3.42. The molecule has 0 saturated carbocycles. The molecule has 154 valence electrons. The second kappa shape index (κ2) is 8.28. The highest BCUT2D eigenvalue weighted by molar-refractivity contribution is 6.09. The molecule has 0 radical (unpaired) electrons. The van der Waals surface area contributed by atoms with E-state index in [1.54, 1.807) is 43.5 Å². The predicted molar refractivity (Wildman–Crippen MR) is 120 cm³/mol. The average molecular weight is 412 g/mol. The topological polar surface area (TPSA) is 88.5 Å². The number of fused-ring (bicyclic) bond motifs is 1. The van der Waals surface area contributed by atoms with Gasteiger partial charge in [-0.15, -0.1) is 0 Å². The lowest BCUT2D eigenvalue weighted by molar-refractivity contribution is 0.0697. The average Bonchev–Trinajstić information content (AvgIpc) is 2.78. The molecular formula is C25H20N2O4. The van der Waals surface area contributed by atoms with Crippen molar-refractivity contribution in [3.05, 3.63) is 89.5 Å². The third-order valence-electron chi connectivity index (χ3n) is 5.01. The highest BCUT2D eigenvalue weighted by atomic mass is 16.5. The zero-order valence-electron chi connectivity index (χ0n) is 17.0. The van der Waals surface area contributed by atoms with Crippen molar-refractivity contribution in [3.8, 4) is 16.9 Å². The Morgan fingerprint density at radius 1 is 0.968 bits per heavy atom. The van der Waals surface area contributed by atoms with Crippen LogP contribution < -0.4 is 10.1 Å². The van der Waals surface area contributed by atoms with Crippen molar-refractivity contribution in [2.45, 2.75) is 6.92 Å². The van der Waals surface area contributed by atoms with Crippen LogP contribution in [0.4, 0.5) is 5.82 Å².